The van der Waals surface area contributed by atoms with Gasteiger partial charge in [-0.05, 0) is 46.9 Å². The second-order valence-electron chi connectivity index (χ2n) is 3.91. The van der Waals surface area contributed by atoms with Crippen LogP contribution in [-0.2, 0) is 0 Å². The van der Waals surface area contributed by atoms with Gasteiger partial charge in [0.05, 0.1) is 5.56 Å². The molecule has 4 nitrogen and oxygen atoms in total. The number of carbonyl (C=O) groups is 1. The predicted molar refractivity (Wildman–Crippen MR) is 84.7 cm³/mol. The van der Waals surface area contributed by atoms with Crippen LogP contribution in [0.15, 0.2) is 48.5 Å². The van der Waals surface area contributed by atoms with Gasteiger partial charge in [-0.2, -0.15) is 5.26 Å². The smallest absolute Gasteiger partial charge is 0.256 e. The summed E-state index contributed by atoms with van der Waals surface area (Å²) in [7, 11) is 0. The number of rotatable bonds is 4. The summed E-state index contributed by atoms with van der Waals surface area (Å²) >= 11 is 2.12. The van der Waals surface area contributed by atoms with E-state index in [1.165, 1.54) is 0 Å². The molecule has 1 N–H and O–H groups in total. The van der Waals surface area contributed by atoms with E-state index in [1.807, 2.05) is 24.3 Å². The van der Waals surface area contributed by atoms with Crippen LogP contribution in [0.3, 0.4) is 0 Å². The van der Waals surface area contributed by atoms with Gasteiger partial charge < -0.3 is 10.1 Å². The van der Waals surface area contributed by atoms with Crippen LogP contribution >= 0.6 is 22.6 Å². The topological polar surface area (TPSA) is 62.1 Å². The van der Waals surface area contributed by atoms with Crippen molar-refractivity contribution in [3.8, 4) is 11.8 Å². The summed E-state index contributed by atoms with van der Waals surface area (Å²) in [5.74, 6) is 0.375. The van der Waals surface area contributed by atoms with Crippen LogP contribution in [0.4, 0.5) is 5.69 Å². The largest absolute Gasteiger partial charge is 0.479 e. The minimum atomic E-state index is -0.174. The van der Waals surface area contributed by atoms with Crippen LogP contribution in [0.25, 0.3) is 0 Å². The Morgan fingerprint density at radius 2 is 2.05 bits per heavy atom. The van der Waals surface area contributed by atoms with Gasteiger partial charge in [0.25, 0.3) is 5.91 Å². The van der Waals surface area contributed by atoms with E-state index in [4.69, 9.17) is 10.00 Å². The number of benzene rings is 2. The Morgan fingerprint density at radius 3 is 2.80 bits per heavy atom. The lowest BCUT2D eigenvalue weighted by Crippen LogP contribution is -2.13. The van der Waals surface area contributed by atoms with Crippen molar-refractivity contribution in [2.45, 2.75) is 0 Å². The number of hydrogen-bond acceptors (Lipinski definition) is 3. The Bertz CT molecular complexity index is 665. The molecule has 2 aromatic rings. The predicted octanol–water partition coefficient (Wildman–Crippen LogP) is 3.45. The number of nitriles is 1. The van der Waals surface area contributed by atoms with Crippen molar-refractivity contribution in [2.24, 2.45) is 0 Å². The van der Waals surface area contributed by atoms with E-state index in [2.05, 4.69) is 27.9 Å². The van der Waals surface area contributed by atoms with Crippen LogP contribution in [-0.4, -0.2) is 12.5 Å². The van der Waals surface area contributed by atoms with Gasteiger partial charge in [0, 0.05) is 15.3 Å². The van der Waals surface area contributed by atoms with Crippen molar-refractivity contribution in [2.75, 3.05) is 11.9 Å². The Morgan fingerprint density at radius 1 is 1.25 bits per heavy atom. The van der Waals surface area contributed by atoms with Crippen molar-refractivity contribution < 1.29 is 9.53 Å². The molecule has 2 aromatic carbocycles. The number of carbonyl (C=O) groups excluding carboxylic acids is 1. The molecular formula is C15H11IN2O2. The molecule has 0 bridgehead atoms. The fourth-order valence-corrected chi connectivity index (χ4v) is 2.26. The fourth-order valence-electron chi connectivity index (χ4n) is 1.62. The number of nitrogens with one attached hydrogen (secondary N) is 1. The van der Waals surface area contributed by atoms with Crippen molar-refractivity contribution in [3.05, 3.63) is 57.7 Å². The van der Waals surface area contributed by atoms with E-state index in [-0.39, 0.29) is 12.5 Å². The Labute approximate surface area is 130 Å². The summed E-state index contributed by atoms with van der Waals surface area (Å²) in [5, 5.41) is 11.3. The normalized spacial score (nSPS) is 9.60. The van der Waals surface area contributed by atoms with Crippen LogP contribution in [0.2, 0.25) is 0 Å². The maximum atomic E-state index is 12.2. The summed E-state index contributed by atoms with van der Waals surface area (Å²) in [4.78, 5) is 12.2. The quantitative estimate of drug-likeness (QED) is 0.830. The number of amides is 1. The number of ether oxygens (including phenoxy) is 1. The molecule has 5 heteroatoms. The van der Waals surface area contributed by atoms with Crippen molar-refractivity contribution >= 4 is 34.2 Å². The molecule has 0 aliphatic carbocycles. The van der Waals surface area contributed by atoms with E-state index >= 15 is 0 Å². The van der Waals surface area contributed by atoms with Gasteiger partial charge in [0.15, 0.2) is 6.61 Å². The van der Waals surface area contributed by atoms with Gasteiger partial charge in [0.2, 0.25) is 0 Å². The molecule has 1 amide bonds. The molecule has 0 saturated heterocycles. The van der Waals surface area contributed by atoms with Gasteiger partial charge in [-0.1, -0.05) is 18.2 Å². The van der Waals surface area contributed by atoms with E-state index in [0.717, 1.165) is 3.57 Å². The lowest BCUT2D eigenvalue weighted by Gasteiger charge is -2.08. The van der Waals surface area contributed by atoms with Crippen molar-refractivity contribution in [3.63, 3.8) is 0 Å². The highest BCUT2D eigenvalue weighted by molar-refractivity contribution is 14.1. The number of anilines is 1. The summed E-state index contributed by atoms with van der Waals surface area (Å²) in [5.41, 5.74) is 1.25. The van der Waals surface area contributed by atoms with Gasteiger partial charge in [-0.3, -0.25) is 4.79 Å². The number of nitrogens with zero attached hydrogens (tertiary/aromatic N) is 1. The van der Waals surface area contributed by atoms with E-state index in [9.17, 15) is 4.79 Å². The highest BCUT2D eigenvalue weighted by Gasteiger charge is 2.09. The SMILES string of the molecule is N#CCOc1cccc(NC(=O)c2ccccc2I)c1. The molecule has 0 heterocycles. The van der Waals surface area contributed by atoms with Crippen molar-refractivity contribution in [1.29, 1.82) is 5.26 Å². The summed E-state index contributed by atoms with van der Waals surface area (Å²) in [6, 6.07) is 16.2. The fraction of sp³-hybridized carbons (Fsp3) is 0.0667. The number of halogens is 1. The van der Waals surface area contributed by atoms with Gasteiger partial charge in [-0.15, -0.1) is 0 Å². The molecule has 0 aromatic heterocycles. The first-order valence-corrected chi connectivity index (χ1v) is 6.94. The first kappa shape index (κ1) is 14.3. The molecule has 0 atom stereocenters. The molecule has 0 fully saturated rings. The third kappa shape index (κ3) is 3.71. The molecule has 0 aliphatic heterocycles. The average molecular weight is 378 g/mol. The summed E-state index contributed by atoms with van der Waals surface area (Å²) in [6.45, 7) is -0.0199. The maximum Gasteiger partial charge on any atom is 0.256 e. The van der Waals surface area contributed by atoms with Gasteiger partial charge in [-0.25, -0.2) is 0 Å². The highest BCUT2D eigenvalue weighted by Crippen LogP contribution is 2.19. The lowest BCUT2D eigenvalue weighted by molar-refractivity contribution is 0.102. The first-order valence-electron chi connectivity index (χ1n) is 5.86. The molecule has 0 spiro atoms. The number of hydrogen-bond donors (Lipinski definition) is 1. The third-order valence-electron chi connectivity index (χ3n) is 2.51. The molecule has 20 heavy (non-hydrogen) atoms. The molecule has 100 valence electrons. The van der Waals surface area contributed by atoms with Crippen LogP contribution in [0, 0.1) is 14.9 Å². The third-order valence-corrected chi connectivity index (χ3v) is 3.45. The molecular weight excluding hydrogens is 367 g/mol. The lowest BCUT2D eigenvalue weighted by atomic mass is 10.2. The Balaban J connectivity index is 2.12. The zero-order chi connectivity index (χ0) is 14.4. The molecule has 2 rings (SSSR count). The van der Waals surface area contributed by atoms with Crippen LogP contribution in [0.5, 0.6) is 5.75 Å². The Kier molecular flexibility index (Phi) is 4.96. The second kappa shape index (κ2) is 6.91. The Hall–Kier alpha value is -2.07. The standard InChI is InChI=1S/C15H11IN2O2/c16-14-7-2-1-6-13(14)15(19)18-11-4-3-5-12(10-11)20-9-8-17/h1-7,10H,9H2,(H,18,19). The summed E-state index contributed by atoms with van der Waals surface area (Å²) in [6.07, 6.45) is 0. The minimum absolute atomic E-state index is 0.0199. The average Bonchev–Trinajstić information content (AvgIpc) is 2.46. The monoisotopic (exact) mass is 378 g/mol. The highest BCUT2D eigenvalue weighted by atomic mass is 127. The minimum Gasteiger partial charge on any atom is -0.479 e. The zero-order valence-electron chi connectivity index (χ0n) is 10.5. The van der Waals surface area contributed by atoms with Crippen LogP contribution < -0.4 is 10.1 Å². The van der Waals surface area contributed by atoms with E-state index in [0.29, 0.717) is 17.0 Å². The molecule has 0 unspecified atom stereocenters. The van der Waals surface area contributed by atoms with Gasteiger partial charge in [0.1, 0.15) is 11.8 Å². The van der Waals surface area contributed by atoms with E-state index < -0.39 is 0 Å². The first-order chi connectivity index (χ1) is 9.70. The second-order valence-corrected chi connectivity index (χ2v) is 5.07. The molecule has 0 radical (unpaired) electrons. The van der Waals surface area contributed by atoms with Crippen molar-refractivity contribution in [1.82, 2.24) is 0 Å². The molecule has 0 saturated carbocycles. The zero-order valence-corrected chi connectivity index (χ0v) is 12.6. The van der Waals surface area contributed by atoms with Crippen LogP contribution in [0.1, 0.15) is 10.4 Å². The summed E-state index contributed by atoms with van der Waals surface area (Å²) < 4.78 is 6.08. The van der Waals surface area contributed by atoms with Gasteiger partial charge >= 0.3 is 0 Å². The maximum absolute atomic E-state index is 12.2. The molecule has 0 aliphatic rings. The van der Waals surface area contributed by atoms with E-state index in [1.54, 1.807) is 30.3 Å².